The minimum atomic E-state index is -0.843. The molecule has 2 unspecified atom stereocenters. The van der Waals surface area contributed by atoms with Gasteiger partial charge in [0.15, 0.2) is 0 Å². The highest BCUT2D eigenvalue weighted by atomic mass is 35.5. The Morgan fingerprint density at radius 1 is 1.50 bits per heavy atom. The van der Waals surface area contributed by atoms with Gasteiger partial charge in [0.05, 0.1) is 16.9 Å². The summed E-state index contributed by atoms with van der Waals surface area (Å²) in [5.74, 6) is 0.495. The van der Waals surface area contributed by atoms with E-state index >= 15 is 0 Å². The first-order chi connectivity index (χ1) is 8.27. The highest BCUT2D eigenvalue weighted by Crippen LogP contribution is 2.49. The zero-order valence-corrected chi connectivity index (χ0v) is 12.5. The average molecular weight is 271 g/mol. The Morgan fingerprint density at radius 3 is 2.72 bits per heavy atom. The number of nitrogens with zero attached hydrogens (tertiary/aromatic N) is 2. The van der Waals surface area contributed by atoms with Gasteiger partial charge in [-0.05, 0) is 37.5 Å². The number of aryl methyl sites for hydroxylation is 1. The first-order valence-corrected chi connectivity index (χ1v) is 7.09. The van der Waals surface area contributed by atoms with Crippen molar-refractivity contribution in [2.45, 2.75) is 59.1 Å². The van der Waals surface area contributed by atoms with Crippen molar-refractivity contribution in [1.29, 1.82) is 0 Å². The van der Waals surface area contributed by atoms with Crippen LogP contribution < -0.4 is 0 Å². The fourth-order valence-electron chi connectivity index (χ4n) is 3.77. The third kappa shape index (κ3) is 2.43. The molecule has 1 aromatic heterocycles. The quantitative estimate of drug-likeness (QED) is 0.892. The first kappa shape index (κ1) is 13.9. The minimum Gasteiger partial charge on any atom is -0.383 e. The van der Waals surface area contributed by atoms with Crippen molar-refractivity contribution in [1.82, 2.24) is 9.78 Å². The summed E-state index contributed by atoms with van der Waals surface area (Å²) in [6.07, 6.45) is 4.30. The standard InChI is InChI=1S/C14H23ClN2O/c1-5-17-12(11(15)8-16-17)14(18)7-10(2)6-13(3,4)9-14/h8,10,18H,5-7,9H2,1-4H3. The van der Waals surface area contributed by atoms with Crippen LogP contribution in [-0.2, 0) is 12.1 Å². The molecule has 4 heteroatoms. The van der Waals surface area contributed by atoms with Gasteiger partial charge in [0.25, 0.3) is 0 Å². The lowest BCUT2D eigenvalue weighted by atomic mass is 9.65. The van der Waals surface area contributed by atoms with Crippen LogP contribution in [0.5, 0.6) is 0 Å². The second-order valence-electron chi connectivity index (χ2n) is 6.54. The molecule has 0 bridgehead atoms. The number of hydrogen-bond acceptors (Lipinski definition) is 2. The summed E-state index contributed by atoms with van der Waals surface area (Å²) in [5, 5.41) is 15.9. The van der Waals surface area contributed by atoms with Gasteiger partial charge >= 0.3 is 0 Å². The molecule has 1 aliphatic carbocycles. The SMILES string of the molecule is CCn1ncc(Cl)c1C1(O)CC(C)CC(C)(C)C1. The fourth-order valence-corrected chi connectivity index (χ4v) is 4.09. The van der Waals surface area contributed by atoms with Crippen LogP contribution in [0.25, 0.3) is 0 Å². The summed E-state index contributed by atoms with van der Waals surface area (Å²) in [6.45, 7) is 9.39. The van der Waals surface area contributed by atoms with E-state index in [9.17, 15) is 5.11 Å². The lowest BCUT2D eigenvalue weighted by molar-refractivity contribution is -0.0692. The molecule has 1 N–H and O–H groups in total. The Labute approximate surface area is 114 Å². The lowest BCUT2D eigenvalue weighted by Gasteiger charge is -2.44. The van der Waals surface area contributed by atoms with E-state index in [1.54, 1.807) is 6.20 Å². The Kier molecular flexibility index (Phi) is 3.50. The topological polar surface area (TPSA) is 38.0 Å². The van der Waals surface area contributed by atoms with Crippen molar-refractivity contribution < 1.29 is 5.11 Å². The molecule has 1 fully saturated rings. The highest BCUT2D eigenvalue weighted by Gasteiger charge is 2.45. The van der Waals surface area contributed by atoms with Gasteiger partial charge in [0, 0.05) is 6.54 Å². The summed E-state index contributed by atoms with van der Waals surface area (Å²) in [4.78, 5) is 0. The molecule has 0 radical (unpaired) electrons. The maximum atomic E-state index is 11.1. The average Bonchev–Trinajstić information content (AvgIpc) is 2.56. The van der Waals surface area contributed by atoms with Crippen molar-refractivity contribution in [3.05, 3.63) is 16.9 Å². The zero-order valence-electron chi connectivity index (χ0n) is 11.7. The Hall–Kier alpha value is -0.540. The summed E-state index contributed by atoms with van der Waals surface area (Å²) in [7, 11) is 0. The van der Waals surface area contributed by atoms with Crippen LogP contribution in [0.1, 0.15) is 52.7 Å². The van der Waals surface area contributed by atoms with E-state index in [1.807, 2.05) is 11.6 Å². The Bertz CT molecular complexity index is 441. The second kappa shape index (κ2) is 4.53. The van der Waals surface area contributed by atoms with Crippen molar-refractivity contribution in [2.75, 3.05) is 0 Å². The third-order valence-electron chi connectivity index (χ3n) is 3.89. The molecule has 18 heavy (non-hydrogen) atoms. The van der Waals surface area contributed by atoms with Crippen LogP contribution in [0, 0.1) is 11.3 Å². The van der Waals surface area contributed by atoms with E-state index < -0.39 is 5.60 Å². The molecule has 1 aromatic rings. The smallest absolute Gasteiger partial charge is 0.108 e. The maximum Gasteiger partial charge on any atom is 0.108 e. The molecular weight excluding hydrogens is 248 g/mol. The Morgan fingerprint density at radius 2 is 2.17 bits per heavy atom. The van der Waals surface area contributed by atoms with E-state index in [2.05, 4.69) is 25.9 Å². The van der Waals surface area contributed by atoms with Gasteiger partial charge < -0.3 is 5.11 Å². The van der Waals surface area contributed by atoms with Crippen LogP contribution in [0.3, 0.4) is 0 Å². The second-order valence-corrected chi connectivity index (χ2v) is 6.95. The lowest BCUT2D eigenvalue weighted by Crippen LogP contribution is -2.41. The molecule has 0 aromatic carbocycles. The number of aliphatic hydroxyl groups is 1. The molecule has 0 spiro atoms. The molecule has 1 aliphatic rings. The van der Waals surface area contributed by atoms with Gasteiger partial charge in [-0.3, -0.25) is 4.68 Å². The molecule has 1 saturated carbocycles. The number of hydrogen-bond donors (Lipinski definition) is 1. The molecule has 0 aliphatic heterocycles. The van der Waals surface area contributed by atoms with Crippen molar-refractivity contribution in [2.24, 2.45) is 11.3 Å². The molecule has 0 amide bonds. The van der Waals surface area contributed by atoms with Crippen LogP contribution in [0.4, 0.5) is 0 Å². The van der Waals surface area contributed by atoms with Gasteiger partial charge in [-0.2, -0.15) is 5.10 Å². The molecular formula is C14H23ClN2O. The van der Waals surface area contributed by atoms with Crippen LogP contribution in [0.2, 0.25) is 5.02 Å². The van der Waals surface area contributed by atoms with Crippen molar-refractivity contribution in [3.63, 3.8) is 0 Å². The summed E-state index contributed by atoms with van der Waals surface area (Å²) >= 11 is 6.24. The van der Waals surface area contributed by atoms with E-state index in [4.69, 9.17) is 11.6 Å². The highest BCUT2D eigenvalue weighted by molar-refractivity contribution is 6.31. The Balaban J connectivity index is 2.43. The van der Waals surface area contributed by atoms with Gasteiger partial charge in [-0.15, -0.1) is 0 Å². The van der Waals surface area contributed by atoms with E-state index in [0.29, 0.717) is 10.9 Å². The van der Waals surface area contributed by atoms with Crippen LogP contribution in [-0.4, -0.2) is 14.9 Å². The predicted molar refractivity (Wildman–Crippen MR) is 73.6 cm³/mol. The molecule has 1 heterocycles. The van der Waals surface area contributed by atoms with Gasteiger partial charge in [0.2, 0.25) is 0 Å². The third-order valence-corrected chi connectivity index (χ3v) is 4.17. The maximum absolute atomic E-state index is 11.1. The normalized spacial score (nSPS) is 31.6. The number of rotatable bonds is 2. The predicted octanol–water partition coefficient (Wildman–Crippen LogP) is 3.59. The minimum absolute atomic E-state index is 0.137. The van der Waals surface area contributed by atoms with E-state index in [1.165, 1.54) is 0 Å². The molecule has 3 nitrogen and oxygen atoms in total. The fraction of sp³-hybridized carbons (Fsp3) is 0.786. The molecule has 2 rings (SSSR count). The number of halogens is 1. The van der Waals surface area contributed by atoms with E-state index in [0.717, 1.165) is 31.5 Å². The molecule has 0 saturated heterocycles. The summed E-state index contributed by atoms with van der Waals surface area (Å²) in [6, 6.07) is 0. The molecule has 102 valence electrons. The number of aromatic nitrogens is 2. The van der Waals surface area contributed by atoms with Gasteiger partial charge in [-0.25, -0.2) is 0 Å². The van der Waals surface area contributed by atoms with Crippen LogP contribution in [0.15, 0.2) is 6.20 Å². The monoisotopic (exact) mass is 270 g/mol. The zero-order chi connectivity index (χ0) is 13.6. The first-order valence-electron chi connectivity index (χ1n) is 6.71. The van der Waals surface area contributed by atoms with E-state index in [-0.39, 0.29) is 5.41 Å². The molecule has 2 atom stereocenters. The summed E-state index contributed by atoms with van der Waals surface area (Å²) < 4.78 is 1.83. The summed E-state index contributed by atoms with van der Waals surface area (Å²) in [5.41, 5.74) is 0.0925. The van der Waals surface area contributed by atoms with Crippen molar-refractivity contribution in [3.8, 4) is 0 Å². The largest absolute Gasteiger partial charge is 0.383 e. The van der Waals surface area contributed by atoms with Crippen LogP contribution >= 0.6 is 11.6 Å². The van der Waals surface area contributed by atoms with Crippen molar-refractivity contribution >= 4 is 11.6 Å². The van der Waals surface area contributed by atoms with Gasteiger partial charge in [0.1, 0.15) is 5.60 Å². The van der Waals surface area contributed by atoms with Gasteiger partial charge in [-0.1, -0.05) is 32.4 Å².